The van der Waals surface area contributed by atoms with Crippen LogP contribution in [0.25, 0.3) is 0 Å². The Morgan fingerprint density at radius 2 is 1.44 bits per heavy atom. The molecule has 6 nitrogen and oxygen atoms in total. The van der Waals surface area contributed by atoms with E-state index < -0.39 is 5.97 Å². The van der Waals surface area contributed by atoms with Crippen LogP contribution in [0.3, 0.4) is 0 Å². The number of carbonyl (C=O) groups is 3. The monoisotopic (exact) mass is 368 g/mol. The zero-order chi connectivity index (χ0) is 20.0. The summed E-state index contributed by atoms with van der Waals surface area (Å²) in [5, 5.41) is 11.7. The minimum atomic E-state index is -0.980. The Bertz CT molecular complexity index is 811. The van der Waals surface area contributed by atoms with Gasteiger partial charge >= 0.3 is 5.97 Å². The number of amides is 2. The topological polar surface area (TPSA) is 86.7 Å². The molecule has 0 aromatic heterocycles. The van der Waals surface area contributed by atoms with E-state index in [1.54, 1.807) is 36.2 Å². The highest BCUT2D eigenvalue weighted by Gasteiger charge is 2.13. The van der Waals surface area contributed by atoms with Crippen LogP contribution in [0.1, 0.15) is 45.7 Å². The van der Waals surface area contributed by atoms with Crippen LogP contribution in [0.15, 0.2) is 48.5 Å². The molecule has 0 saturated heterocycles. The Balaban J connectivity index is 1.91. The van der Waals surface area contributed by atoms with Gasteiger partial charge in [-0.15, -0.1) is 0 Å². The number of carbonyl (C=O) groups excluding carboxylic acids is 2. The van der Waals surface area contributed by atoms with Crippen LogP contribution in [0, 0.1) is 5.92 Å². The minimum Gasteiger partial charge on any atom is -0.478 e. The second kappa shape index (κ2) is 8.98. The van der Waals surface area contributed by atoms with Crippen molar-refractivity contribution in [3.8, 4) is 0 Å². The molecule has 27 heavy (non-hydrogen) atoms. The van der Waals surface area contributed by atoms with Crippen LogP contribution in [0.5, 0.6) is 0 Å². The molecule has 0 radical (unpaired) electrons. The number of aromatic carboxylic acids is 1. The summed E-state index contributed by atoms with van der Waals surface area (Å²) >= 11 is 0. The third-order valence-electron chi connectivity index (χ3n) is 4.16. The lowest BCUT2D eigenvalue weighted by molar-refractivity contribution is -0.133. The van der Waals surface area contributed by atoms with Crippen LogP contribution in [-0.4, -0.2) is 34.8 Å². The van der Waals surface area contributed by atoms with Crippen molar-refractivity contribution in [2.75, 3.05) is 7.05 Å². The first-order chi connectivity index (χ1) is 12.8. The molecule has 0 aliphatic carbocycles. The zero-order valence-electron chi connectivity index (χ0n) is 15.7. The SMILES string of the molecule is CC(C)C(=O)N(C)Cc1ccc(C(=O)NCc2ccc(C(=O)O)cc2)cc1. The fourth-order valence-corrected chi connectivity index (χ4v) is 2.60. The van der Waals surface area contributed by atoms with Crippen LogP contribution >= 0.6 is 0 Å². The second-order valence-electron chi connectivity index (χ2n) is 6.73. The largest absolute Gasteiger partial charge is 0.478 e. The number of benzene rings is 2. The average molecular weight is 368 g/mol. The molecule has 0 aliphatic rings. The summed E-state index contributed by atoms with van der Waals surface area (Å²) in [5.41, 5.74) is 2.51. The molecule has 142 valence electrons. The van der Waals surface area contributed by atoms with E-state index in [2.05, 4.69) is 5.32 Å². The number of hydrogen-bond acceptors (Lipinski definition) is 3. The third-order valence-corrected chi connectivity index (χ3v) is 4.16. The highest BCUT2D eigenvalue weighted by Crippen LogP contribution is 2.10. The summed E-state index contributed by atoms with van der Waals surface area (Å²) in [6.07, 6.45) is 0. The van der Waals surface area contributed by atoms with Gasteiger partial charge in [0.1, 0.15) is 0 Å². The maximum atomic E-state index is 12.3. The van der Waals surface area contributed by atoms with Crippen molar-refractivity contribution < 1.29 is 19.5 Å². The summed E-state index contributed by atoms with van der Waals surface area (Å²) in [4.78, 5) is 36.7. The summed E-state index contributed by atoms with van der Waals surface area (Å²) in [6, 6.07) is 13.5. The molecule has 2 aromatic carbocycles. The van der Waals surface area contributed by atoms with E-state index in [9.17, 15) is 14.4 Å². The van der Waals surface area contributed by atoms with E-state index in [1.807, 2.05) is 26.0 Å². The van der Waals surface area contributed by atoms with Crippen LogP contribution in [0.2, 0.25) is 0 Å². The molecule has 2 rings (SSSR count). The molecule has 0 bridgehead atoms. The number of nitrogens with one attached hydrogen (secondary N) is 1. The molecule has 0 aliphatic heterocycles. The van der Waals surface area contributed by atoms with E-state index in [4.69, 9.17) is 5.11 Å². The zero-order valence-corrected chi connectivity index (χ0v) is 15.7. The molecule has 0 spiro atoms. The normalized spacial score (nSPS) is 10.5. The Morgan fingerprint density at radius 1 is 0.926 bits per heavy atom. The van der Waals surface area contributed by atoms with E-state index in [0.717, 1.165) is 11.1 Å². The first-order valence-electron chi connectivity index (χ1n) is 8.72. The predicted octanol–water partition coefficient (Wildman–Crippen LogP) is 2.93. The van der Waals surface area contributed by atoms with E-state index >= 15 is 0 Å². The van der Waals surface area contributed by atoms with Gasteiger partial charge in [0.25, 0.3) is 5.91 Å². The molecule has 2 aromatic rings. The molecule has 0 heterocycles. The van der Waals surface area contributed by atoms with Gasteiger partial charge in [0.05, 0.1) is 5.56 Å². The van der Waals surface area contributed by atoms with Crippen LogP contribution < -0.4 is 5.32 Å². The molecular weight excluding hydrogens is 344 g/mol. The van der Waals surface area contributed by atoms with Crippen molar-refractivity contribution in [3.05, 3.63) is 70.8 Å². The predicted molar refractivity (Wildman–Crippen MR) is 102 cm³/mol. The minimum absolute atomic E-state index is 0.0513. The highest BCUT2D eigenvalue weighted by atomic mass is 16.4. The fraction of sp³-hybridized carbons (Fsp3) is 0.286. The Labute approximate surface area is 158 Å². The average Bonchev–Trinajstić information content (AvgIpc) is 2.66. The summed E-state index contributed by atoms with van der Waals surface area (Å²) < 4.78 is 0. The molecular formula is C21H24N2O4. The van der Waals surface area contributed by atoms with E-state index in [-0.39, 0.29) is 23.3 Å². The number of rotatable bonds is 7. The molecule has 2 N–H and O–H groups in total. The maximum absolute atomic E-state index is 12.3. The van der Waals surface area contributed by atoms with Gasteiger partial charge in [-0.1, -0.05) is 38.1 Å². The number of carboxylic acids is 1. The van der Waals surface area contributed by atoms with Crippen molar-refractivity contribution >= 4 is 17.8 Å². The van der Waals surface area contributed by atoms with Gasteiger partial charge in [0.2, 0.25) is 5.91 Å². The summed E-state index contributed by atoms with van der Waals surface area (Å²) in [5.74, 6) is -1.17. The van der Waals surface area contributed by atoms with E-state index in [0.29, 0.717) is 18.7 Å². The van der Waals surface area contributed by atoms with Gasteiger partial charge in [-0.2, -0.15) is 0 Å². The smallest absolute Gasteiger partial charge is 0.335 e. The molecule has 0 saturated carbocycles. The van der Waals surface area contributed by atoms with Crippen LogP contribution in [0.4, 0.5) is 0 Å². The van der Waals surface area contributed by atoms with Gasteiger partial charge < -0.3 is 15.3 Å². The lowest BCUT2D eigenvalue weighted by atomic mass is 10.1. The summed E-state index contributed by atoms with van der Waals surface area (Å²) in [6.45, 7) is 4.53. The Morgan fingerprint density at radius 3 is 1.96 bits per heavy atom. The molecule has 0 unspecified atom stereocenters. The van der Waals surface area contributed by atoms with Gasteiger partial charge in [-0.25, -0.2) is 4.79 Å². The molecule has 0 fully saturated rings. The van der Waals surface area contributed by atoms with Gasteiger partial charge in [0.15, 0.2) is 0 Å². The van der Waals surface area contributed by atoms with Gasteiger partial charge in [-0.3, -0.25) is 9.59 Å². The lowest BCUT2D eigenvalue weighted by Crippen LogP contribution is -2.30. The lowest BCUT2D eigenvalue weighted by Gasteiger charge is -2.19. The van der Waals surface area contributed by atoms with Gasteiger partial charge in [-0.05, 0) is 35.4 Å². The van der Waals surface area contributed by atoms with E-state index in [1.165, 1.54) is 12.1 Å². The van der Waals surface area contributed by atoms with Crippen molar-refractivity contribution in [3.63, 3.8) is 0 Å². The Hall–Kier alpha value is -3.15. The third kappa shape index (κ3) is 5.67. The van der Waals surface area contributed by atoms with Gasteiger partial charge in [0, 0.05) is 31.6 Å². The highest BCUT2D eigenvalue weighted by molar-refractivity contribution is 5.94. The van der Waals surface area contributed by atoms with Crippen molar-refractivity contribution in [2.45, 2.75) is 26.9 Å². The standard InChI is InChI=1S/C21H24N2O4/c1-14(2)20(25)23(3)13-16-6-8-17(9-7-16)19(24)22-12-15-4-10-18(11-5-15)21(26)27/h4-11,14H,12-13H2,1-3H3,(H,22,24)(H,26,27). The first kappa shape index (κ1) is 20.2. The first-order valence-corrected chi connectivity index (χ1v) is 8.72. The van der Waals surface area contributed by atoms with Crippen molar-refractivity contribution in [1.82, 2.24) is 10.2 Å². The number of carboxylic acid groups (broad SMARTS) is 1. The quantitative estimate of drug-likeness (QED) is 0.787. The molecule has 6 heteroatoms. The number of hydrogen-bond donors (Lipinski definition) is 2. The maximum Gasteiger partial charge on any atom is 0.335 e. The second-order valence-corrected chi connectivity index (χ2v) is 6.73. The van der Waals surface area contributed by atoms with Crippen molar-refractivity contribution in [2.24, 2.45) is 5.92 Å². The van der Waals surface area contributed by atoms with Crippen LogP contribution in [-0.2, 0) is 17.9 Å². The summed E-state index contributed by atoms with van der Waals surface area (Å²) in [7, 11) is 1.76. The Kier molecular flexibility index (Phi) is 6.71. The number of nitrogens with zero attached hydrogens (tertiary/aromatic N) is 1. The van der Waals surface area contributed by atoms with Crippen molar-refractivity contribution in [1.29, 1.82) is 0 Å². The molecule has 2 amide bonds. The molecule has 0 atom stereocenters. The fourth-order valence-electron chi connectivity index (χ4n) is 2.60.